The first-order chi connectivity index (χ1) is 17.6. The van der Waals surface area contributed by atoms with Gasteiger partial charge < -0.3 is 10.6 Å². The molecule has 10 nitrogen and oxygen atoms in total. The summed E-state index contributed by atoms with van der Waals surface area (Å²) in [6, 6.07) is 21.5. The third kappa shape index (κ3) is 4.92. The largest absolute Gasteiger partial charge is 0.323 e. The Balaban J connectivity index is 1.28. The SMILES string of the molecule is C=CC(=O)Nc1cccc(-c2cn(-c3ccc(NC(=O)c4cccc(-c5ccn[nH]5)n4)cc3)nn2)c1. The molecule has 5 rings (SSSR count). The van der Waals surface area contributed by atoms with Crippen LogP contribution in [0.2, 0.25) is 0 Å². The number of nitrogens with zero attached hydrogens (tertiary/aromatic N) is 5. The number of hydrogen-bond acceptors (Lipinski definition) is 6. The minimum atomic E-state index is -0.324. The lowest BCUT2D eigenvalue weighted by molar-refractivity contribution is -0.111. The Bertz CT molecular complexity index is 1540. The molecular weight excluding hydrogens is 456 g/mol. The zero-order valence-corrected chi connectivity index (χ0v) is 18.9. The topological polar surface area (TPSA) is 130 Å². The van der Waals surface area contributed by atoms with Crippen molar-refractivity contribution >= 4 is 23.2 Å². The van der Waals surface area contributed by atoms with Crippen LogP contribution in [0.5, 0.6) is 0 Å². The van der Waals surface area contributed by atoms with E-state index in [-0.39, 0.29) is 11.8 Å². The molecule has 5 aromatic rings. The fourth-order valence-electron chi connectivity index (χ4n) is 3.47. The van der Waals surface area contributed by atoms with Crippen LogP contribution in [0.15, 0.2) is 97.8 Å². The molecule has 36 heavy (non-hydrogen) atoms. The molecule has 10 heteroatoms. The Morgan fingerprint density at radius 1 is 0.917 bits per heavy atom. The summed E-state index contributed by atoms with van der Waals surface area (Å²) in [6.45, 7) is 3.46. The number of carbonyl (C=O) groups is 2. The summed E-state index contributed by atoms with van der Waals surface area (Å²) in [5, 5.41) is 20.8. The average Bonchev–Trinajstić information content (AvgIpc) is 3.62. The number of rotatable bonds is 7. The first-order valence-corrected chi connectivity index (χ1v) is 10.9. The molecule has 0 unspecified atom stereocenters. The number of aromatic amines is 1. The van der Waals surface area contributed by atoms with E-state index in [1.165, 1.54) is 6.08 Å². The highest BCUT2D eigenvalue weighted by Gasteiger charge is 2.11. The zero-order chi connectivity index (χ0) is 24.9. The number of nitrogens with one attached hydrogen (secondary N) is 3. The number of benzene rings is 2. The van der Waals surface area contributed by atoms with E-state index < -0.39 is 0 Å². The number of aromatic nitrogens is 6. The molecule has 0 spiro atoms. The van der Waals surface area contributed by atoms with Crippen molar-refractivity contribution in [2.24, 2.45) is 0 Å². The highest BCUT2D eigenvalue weighted by atomic mass is 16.2. The average molecular weight is 477 g/mol. The van der Waals surface area contributed by atoms with Crippen LogP contribution in [0.25, 0.3) is 28.3 Å². The summed E-state index contributed by atoms with van der Waals surface area (Å²) in [6.07, 6.45) is 4.63. The van der Waals surface area contributed by atoms with Gasteiger partial charge in [-0.1, -0.05) is 30.0 Å². The van der Waals surface area contributed by atoms with Crippen molar-refractivity contribution in [3.05, 3.63) is 104 Å². The van der Waals surface area contributed by atoms with Crippen molar-refractivity contribution in [1.82, 2.24) is 30.2 Å². The molecule has 0 aliphatic heterocycles. The summed E-state index contributed by atoms with van der Waals surface area (Å²) < 4.78 is 1.63. The molecule has 0 aliphatic carbocycles. The molecule has 3 N–H and O–H groups in total. The van der Waals surface area contributed by atoms with Gasteiger partial charge in [0, 0.05) is 23.1 Å². The van der Waals surface area contributed by atoms with Crippen molar-refractivity contribution < 1.29 is 9.59 Å². The van der Waals surface area contributed by atoms with Crippen molar-refractivity contribution in [2.75, 3.05) is 10.6 Å². The first kappa shape index (κ1) is 22.4. The molecule has 0 saturated heterocycles. The minimum Gasteiger partial charge on any atom is -0.323 e. The molecule has 0 bridgehead atoms. The van der Waals surface area contributed by atoms with E-state index in [1.54, 1.807) is 59.5 Å². The van der Waals surface area contributed by atoms with Gasteiger partial charge in [0.25, 0.3) is 5.91 Å². The van der Waals surface area contributed by atoms with Crippen LogP contribution in [-0.4, -0.2) is 42.0 Å². The summed E-state index contributed by atoms with van der Waals surface area (Å²) in [5.74, 6) is -0.611. The molecular formula is C26H20N8O2. The van der Waals surface area contributed by atoms with Gasteiger partial charge in [0.05, 0.1) is 23.3 Å². The van der Waals surface area contributed by atoms with E-state index in [4.69, 9.17) is 0 Å². The number of amides is 2. The van der Waals surface area contributed by atoms with E-state index in [2.05, 4.69) is 42.7 Å². The Morgan fingerprint density at radius 3 is 2.53 bits per heavy atom. The van der Waals surface area contributed by atoms with Gasteiger partial charge in [0.15, 0.2) is 0 Å². The molecule has 2 aromatic carbocycles. The summed E-state index contributed by atoms with van der Waals surface area (Å²) in [7, 11) is 0. The second-order valence-corrected chi connectivity index (χ2v) is 7.70. The van der Waals surface area contributed by atoms with Crippen LogP contribution in [0.4, 0.5) is 11.4 Å². The number of H-pyrrole nitrogens is 1. The van der Waals surface area contributed by atoms with E-state index in [0.29, 0.717) is 28.5 Å². The Kier molecular flexibility index (Phi) is 6.14. The molecule has 176 valence electrons. The second-order valence-electron chi connectivity index (χ2n) is 7.70. The fraction of sp³-hybridized carbons (Fsp3) is 0. The third-order valence-corrected chi connectivity index (χ3v) is 5.25. The number of anilines is 2. The quantitative estimate of drug-likeness (QED) is 0.303. The van der Waals surface area contributed by atoms with Crippen molar-refractivity contribution in [2.45, 2.75) is 0 Å². The highest BCUT2D eigenvalue weighted by molar-refractivity contribution is 6.03. The first-order valence-electron chi connectivity index (χ1n) is 10.9. The smallest absolute Gasteiger partial charge is 0.274 e. The fourth-order valence-corrected chi connectivity index (χ4v) is 3.47. The monoisotopic (exact) mass is 476 g/mol. The van der Waals surface area contributed by atoms with Crippen LogP contribution in [0, 0.1) is 0 Å². The number of pyridine rings is 1. The van der Waals surface area contributed by atoms with Gasteiger partial charge in [-0.3, -0.25) is 14.7 Å². The van der Waals surface area contributed by atoms with E-state index in [1.807, 2.05) is 30.3 Å². The number of hydrogen-bond donors (Lipinski definition) is 3. The maximum absolute atomic E-state index is 12.7. The molecule has 0 saturated carbocycles. The number of carbonyl (C=O) groups excluding carboxylic acids is 2. The minimum absolute atomic E-state index is 0.288. The zero-order valence-electron chi connectivity index (χ0n) is 18.9. The van der Waals surface area contributed by atoms with Gasteiger partial charge in [-0.05, 0) is 60.7 Å². The summed E-state index contributed by atoms with van der Waals surface area (Å²) in [4.78, 5) is 28.7. The van der Waals surface area contributed by atoms with Crippen molar-refractivity contribution in [3.8, 4) is 28.3 Å². The Labute approximate surface area is 205 Å². The van der Waals surface area contributed by atoms with Crippen LogP contribution < -0.4 is 10.6 Å². The predicted octanol–water partition coefficient (Wildman–Crippen LogP) is 4.10. The highest BCUT2D eigenvalue weighted by Crippen LogP contribution is 2.22. The van der Waals surface area contributed by atoms with E-state index in [9.17, 15) is 9.59 Å². The summed E-state index contributed by atoms with van der Waals surface area (Å²) >= 11 is 0. The predicted molar refractivity (Wildman–Crippen MR) is 135 cm³/mol. The molecule has 0 fully saturated rings. The van der Waals surface area contributed by atoms with E-state index >= 15 is 0 Å². The standard InChI is InChI=1S/C26H20N8O2/c1-2-25(35)28-19-6-3-5-17(15-19)24-16-34(33-32-24)20-11-9-18(10-12-20)29-26(36)23-8-4-7-21(30-23)22-13-14-27-31-22/h2-16H,1H2,(H,27,31)(H,28,35)(H,29,36). The van der Waals surface area contributed by atoms with Gasteiger partial charge in [-0.25, -0.2) is 9.67 Å². The molecule has 3 aromatic heterocycles. The van der Waals surface area contributed by atoms with Crippen LogP contribution in [0.1, 0.15) is 10.5 Å². The van der Waals surface area contributed by atoms with Gasteiger partial charge in [0.1, 0.15) is 11.4 Å². The molecule has 3 heterocycles. The normalized spacial score (nSPS) is 10.6. The van der Waals surface area contributed by atoms with Crippen molar-refractivity contribution in [3.63, 3.8) is 0 Å². The van der Waals surface area contributed by atoms with Gasteiger partial charge >= 0.3 is 0 Å². The maximum Gasteiger partial charge on any atom is 0.274 e. The van der Waals surface area contributed by atoms with Crippen LogP contribution in [-0.2, 0) is 4.79 Å². The molecule has 2 amide bonds. The summed E-state index contributed by atoms with van der Waals surface area (Å²) in [5.41, 5.74) is 5.11. The second kappa shape index (κ2) is 9.85. The maximum atomic E-state index is 12.7. The molecule has 0 radical (unpaired) electrons. The Morgan fingerprint density at radius 2 is 1.75 bits per heavy atom. The van der Waals surface area contributed by atoms with Gasteiger partial charge in [0.2, 0.25) is 5.91 Å². The van der Waals surface area contributed by atoms with E-state index in [0.717, 1.165) is 16.9 Å². The molecule has 0 aliphatic rings. The van der Waals surface area contributed by atoms with Gasteiger partial charge in [-0.2, -0.15) is 5.10 Å². The van der Waals surface area contributed by atoms with Gasteiger partial charge in [-0.15, -0.1) is 5.10 Å². The van der Waals surface area contributed by atoms with Crippen LogP contribution >= 0.6 is 0 Å². The lowest BCUT2D eigenvalue weighted by Crippen LogP contribution is -2.14. The Hall–Kier alpha value is -5.38. The lowest BCUT2D eigenvalue weighted by Gasteiger charge is -2.07. The molecule has 0 atom stereocenters. The third-order valence-electron chi connectivity index (χ3n) is 5.25. The lowest BCUT2D eigenvalue weighted by atomic mass is 10.1. The van der Waals surface area contributed by atoms with Crippen molar-refractivity contribution in [1.29, 1.82) is 0 Å². The van der Waals surface area contributed by atoms with Crippen LogP contribution in [0.3, 0.4) is 0 Å².